The molecular formula is C11H19BrN4O. The van der Waals surface area contributed by atoms with Crippen LogP contribution in [0, 0.1) is 5.92 Å². The van der Waals surface area contributed by atoms with Gasteiger partial charge >= 0.3 is 0 Å². The molecule has 0 aliphatic carbocycles. The zero-order valence-corrected chi connectivity index (χ0v) is 12.0. The minimum atomic E-state index is -0.128. The fourth-order valence-electron chi connectivity index (χ4n) is 1.49. The van der Waals surface area contributed by atoms with E-state index >= 15 is 0 Å². The molecule has 0 amide bonds. The molecule has 1 rings (SSSR count). The lowest BCUT2D eigenvalue weighted by Crippen LogP contribution is -2.35. The van der Waals surface area contributed by atoms with Gasteiger partial charge in [0.1, 0.15) is 4.47 Å². The van der Waals surface area contributed by atoms with Crippen LogP contribution in [-0.2, 0) is 6.54 Å². The van der Waals surface area contributed by atoms with Crippen LogP contribution in [0.4, 0.5) is 5.69 Å². The number of hydrogen-bond acceptors (Lipinski definition) is 4. The van der Waals surface area contributed by atoms with Gasteiger partial charge in [-0.15, -0.1) is 0 Å². The molecule has 6 heteroatoms. The van der Waals surface area contributed by atoms with Crippen LogP contribution in [0.3, 0.4) is 0 Å². The van der Waals surface area contributed by atoms with Gasteiger partial charge in [-0.3, -0.25) is 4.79 Å². The second-order valence-corrected chi connectivity index (χ2v) is 5.02. The van der Waals surface area contributed by atoms with Crippen LogP contribution < -0.4 is 16.6 Å². The van der Waals surface area contributed by atoms with Crippen molar-refractivity contribution >= 4 is 21.6 Å². The van der Waals surface area contributed by atoms with Crippen molar-refractivity contribution in [2.75, 3.05) is 11.9 Å². The number of hydrogen-bond donors (Lipinski definition) is 2. The van der Waals surface area contributed by atoms with Crippen molar-refractivity contribution in [3.63, 3.8) is 0 Å². The molecule has 0 aromatic carbocycles. The van der Waals surface area contributed by atoms with Crippen molar-refractivity contribution < 1.29 is 0 Å². The second kappa shape index (κ2) is 6.16. The third kappa shape index (κ3) is 3.29. The molecule has 1 aromatic rings. The first kappa shape index (κ1) is 14.2. The maximum atomic E-state index is 11.8. The van der Waals surface area contributed by atoms with Crippen LogP contribution >= 0.6 is 15.9 Å². The maximum absolute atomic E-state index is 11.8. The normalized spacial score (nSPS) is 12.8. The van der Waals surface area contributed by atoms with Crippen LogP contribution in [0.25, 0.3) is 0 Å². The Labute approximate surface area is 110 Å². The summed E-state index contributed by atoms with van der Waals surface area (Å²) < 4.78 is 1.91. The number of nitrogens with zero attached hydrogens (tertiary/aromatic N) is 2. The summed E-state index contributed by atoms with van der Waals surface area (Å²) >= 11 is 3.30. The molecule has 1 atom stereocenters. The van der Waals surface area contributed by atoms with E-state index in [4.69, 9.17) is 5.73 Å². The average molecular weight is 303 g/mol. The Hall–Kier alpha value is -0.880. The lowest BCUT2D eigenvalue weighted by Gasteiger charge is -2.22. The van der Waals surface area contributed by atoms with E-state index < -0.39 is 0 Å². The molecule has 0 spiro atoms. The summed E-state index contributed by atoms with van der Waals surface area (Å²) in [4.78, 5) is 11.8. The molecule has 96 valence electrons. The molecule has 3 N–H and O–H groups in total. The Morgan fingerprint density at radius 1 is 1.59 bits per heavy atom. The number of nitrogens with one attached hydrogen (secondary N) is 1. The van der Waals surface area contributed by atoms with Gasteiger partial charge in [0.15, 0.2) is 0 Å². The van der Waals surface area contributed by atoms with Gasteiger partial charge in [0, 0.05) is 19.1 Å². The fourth-order valence-corrected chi connectivity index (χ4v) is 1.91. The molecule has 1 aromatic heterocycles. The van der Waals surface area contributed by atoms with Crippen molar-refractivity contribution in [3.05, 3.63) is 21.0 Å². The molecule has 0 saturated heterocycles. The minimum Gasteiger partial charge on any atom is -0.378 e. The average Bonchev–Trinajstić information content (AvgIpc) is 2.30. The number of aromatic nitrogens is 2. The van der Waals surface area contributed by atoms with Crippen molar-refractivity contribution in [2.24, 2.45) is 11.7 Å². The van der Waals surface area contributed by atoms with Gasteiger partial charge in [-0.05, 0) is 28.8 Å². The summed E-state index contributed by atoms with van der Waals surface area (Å²) in [5.41, 5.74) is 6.25. The van der Waals surface area contributed by atoms with Crippen LogP contribution in [0.15, 0.2) is 15.5 Å². The minimum absolute atomic E-state index is 0.128. The van der Waals surface area contributed by atoms with E-state index in [2.05, 4.69) is 40.2 Å². The van der Waals surface area contributed by atoms with Gasteiger partial charge in [-0.1, -0.05) is 13.8 Å². The number of anilines is 1. The van der Waals surface area contributed by atoms with Crippen LogP contribution in [-0.4, -0.2) is 22.4 Å². The highest BCUT2D eigenvalue weighted by Crippen LogP contribution is 2.18. The van der Waals surface area contributed by atoms with Gasteiger partial charge in [-0.2, -0.15) is 5.10 Å². The first-order valence-electron chi connectivity index (χ1n) is 5.73. The summed E-state index contributed by atoms with van der Waals surface area (Å²) in [5.74, 6) is 0.389. The smallest absolute Gasteiger partial charge is 0.283 e. The highest BCUT2D eigenvalue weighted by molar-refractivity contribution is 9.10. The summed E-state index contributed by atoms with van der Waals surface area (Å²) in [5, 5.41) is 7.32. The number of rotatable bonds is 5. The molecule has 0 bridgehead atoms. The molecule has 0 saturated carbocycles. The molecule has 0 radical (unpaired) electrons. The van der Waals surface area contributed by atoms with Crippen molar-refractivity contribution in [1.82, 2.24) is 9.78 Å². The van der Waals surface area contributed by atoms with Gasteiger partial charge < -0.3 is 11.1 Å². The van der Waals surface area contributed by atoms with Crippen LogP contribution in [0.5, 0.6) is 0 Å². The Morgan fingerprint density at radius 3 is 2.71 bits per heavy atom. The summed E-state index contributed by atoms with van der Waals surface area (Å²) in [6, 6.07) is 0.130. The summed E-state index contributed by atoms with van der Waals surface area (Å²) in [7, 11) is 0. The standard InChI is InChI=1S/C11H19BrN4O/c1-4-16-11(17)10(12)9(6-14-16)15-8(5-13)7(2)3/h6-8,15H,4-5,13H2,1-3H3. The molecule has 0 aliphatic rings. The zero-order valence-electron chi connectivity index (χ0n) is 10.4. The monoisotopic (exact) mass is 302 g/mol. The van der Waals surface area contributed by atoms with Gasteiger partial charge in [0.05, 0.1) is 11.9 Å². The van der Waals surface area contributed by atoms with Gasteiger partial charge in [-0.25, -0.2) is 4.68 Å². The van der Waals surface area contributed by atoms with E-state index in [1.54, 1.807) is 6.20 Å². The molecule has 0 fully saturated rings. The van der Waals surface area contributed by atoms with Crippen molar-refractivity contribution in [2.45, 2.75) is 33.4 Å². The molecule has 17 heavy (non-hydrogen) atoms. The number of aryl methyl sites for hydroxylation is 1. The zero-order chi connectivity index (χ0) is 13.0. The van der Waals surface area contributed by atoms with E-state index in [9.17, 15) is 4.79 Å². The second-order valence-electron chi connectivity index (χ2n) is 4.22. The van der Waals surface area contributed by atoms with Crippen molar-refractivity contribution in [3.8, 4) is 0 Å². The summed E-state index contributed by atoms with van der Waals surface area (Å²) in [6.07, 6.45) is 1.65. The highest BCUT2D eigenvalue weighted by Gasteiger charge is 2.14. The quantitative estimate of drug-likeness (QED) is 0.863. The Balaban J connectivity index is 3.00. The third-order valence-corrected chi connectivity index (χ3v) is 3.45. The van der Waals surface area contributed by atoms with E-state index in [0.29, 0.717) is 29.2 Å². The molecule has 5 nitrogen and oxygen atoms in total. The number of halogens is 1. The van der Waals surface area contributed by atoms with Crippen molar-refractivity contribution in [1.29, 1.82) is 0 Å². The Bertz CT molecular complexity index is 430. The molecule has 1 unspecified atom stereocenters. The van der Waals surface area contributed by atoms with Gasteiger partial charge in [0.25, 0.3) is 5.56 Å². The van der Waals surface area contributed by atoms with E-state index in [1.165, 1.54) is 4.68 Å². The Morgan fingerprint density at radius 2 is 2.24 bits per heavy atom. The number of nitrogens with two attached hydrogens (primary N) is 1. The maximum Gasteiger partial charge on any atom is 0.283 e. The van der Waals surface area contributed by atoms with Gasteiger partial charge in [0.2, 0.25) is 0 Å². The van der Waals surface area contributed by atoms with E-state index in [-0.39, 0.29) is 11.6 Å². The lowest BCUT2D eigenvalue weighted by atomic mass is 10.0. The molecule has 1 heterocycles. The van der Waals surface area contributed by atoms with E-state index in [0.717, 1.165) is 0 Å². The predicted molar refractivity (Wildman–Crippen MR) is 73.2 cm³/mol. The Kier molecular flexibility index (Phi) is 5.14. The fraction of sp³-hybridized carbons (Fsp3) is 0.636. The highest BCUT2D eigenvalue weighted by atomic mass is 79.9. The summed E-state index contributed by atoms with van der Waals surface area (Å²) in [6.45, 7) is 7.12. The lowest BCUT2D eigenvalue weighted by molar-refractivity contribution is 0.529. The topological polar surface area (TPSA) is 72.9 Å². The molecule has 0 aliphatic heterocycles. The molecular weight excluding hydrogens is 284 g/mol. The first-order chi connectivity index (χ1) is 8.01. The van der Waals surface area contributed by atoms with Crippen LogP contribution in [0.1, 0.15) is 20.8 Å². The van der Waals surface area contributed by atoms with E-state index in [1.807, 2.05) is 6.92 Å². The first-order valence-corrected chi connectivity index (χ1v) is 6.52. The van der Waals surface area contributed by atoms with Crippen LogP contribution in [0.2, 0.25) is 0 Å². The largest absolute Gasteiger partial charge is 0.378 e. The predicted octanol–water partition coefficient (Wildman–Crippen LogP) is 1.42. The third-order valence-electron chi connectivity index (χ3n) is 2.68. The SMILES string of the molecule is CCn1ncc(NC(CN)C(C)C)c(Br)c1=O.